The Balaban J connectivity index is 4.64. The van der Waals surface area contributed by atoms with E-state index in [0.717, 1.165) is 6.26 Å². The molecule has 0 aromatic rings. The summed E-state index contributed by atoms with van der Waals surface area (Å²) in [6.45, 7) is 7.71. The summed E-state index contributed by atoms with van der Waals surface area (Å²) in [5.41, 5.74) is -0.427. The number of nitrogens with one attached hydrogen (secondary N) is 2. The molecule has 0 fully saturated rings. The van der Waals surface area contributed by atoms with Crippen LogP contribution in [0, 0.1) is 11.3 Å². The van der Waals surface area contributed by atoms with Crippen molar-refractivity contribution in [1.82, 2.24) is 10.0 Å². The standard InChI is InChI=1S/C12H26N2O4S/c1-9(2)6-10(14-19(5,17)18)11(16)13-7-12(3,4)8-15/h9-10,14-15H,6-8H2,1-5H3,(H,13,16). The van der Waals surface area contributed by atoms with Crippen molar-refractivity contribution in [3.8, 4) is 0 Å². The molecule has 0 aliphatic carbocycles. The number of aliphatic hydroxyl groups is 1. The molecule has 0 saturated carbocycles. The van der Waals surface area contributed by atoms with Gasteiger partial charge in [-0.2, -0.15) is 0 Å². The third-order valence-corrected chi connectivity index (χ3v) is 3.26. The predicted octanol–water partition coefficient (Wildman–Crippen LogP) is 0.0850. The summed E-state index contributed by atoms with van der Waals surface area (Å²) < 4.78 is 24.8. The van der Waals surface area contributed by atoms with Gasteiger partial charge in [-0.1, -0.05) is 27.7 Å². The molecular formula is C12H26N2O4S. The Morgan fingerprint density at radius 2 is 1.84 bits per heavy atom. The van der Waals surface area contributed by atoms with E-state index >= 15 is 0 Å². The van der Waals surface area contributed by atoms with Crippen LogP contribution in [-0.2, 0) is 14.8 Å². The molecule has 1 atom stereocenters. The van der Waals surface area contributed by atoms with Gasteiger partial charge in [0, 0.05) is 18.6 Å². The normalized spacial score (nSPS) is 14.5. The van der Waals surface area contributed by atoms with Gasteiger partial charge in [-0.3, -0.25) is 4.79 Å². The SMILES string of the molecule is CC(C)CC(NS(C)(=O)=O)C(=O)NCC(C)(C)CO. The van der Waals surface area contributed by atoms with Gasteiger partial charge in [0.2, 0.25) is 15.9 Å². The van der Waals surface area contributed by atoms with Crippen molar-refractivity contribution >= 4 is 15.9 Å². The summed E-state index contributed by atoms with van der Waals surface area (Å²) in [5.74, 6) is -0.170. The van der Waals surface area contributed by atoms with Crippen molar-refractivity contribution in [2.24, 2.45) is 11.3 Å². The number of hydrogen-bond acceptors (Lipinski definition) is 4. The first-order valence-corrected chi connectivity index (χ1v) is 8.22. The maximum absolute atomic E-state index is 12.0. The Hall–Kier alpha value is -0.660. The molecule has 0 bridgehead atoms. The van der Waals surface area contributed by atoms with Crippen LogP contribution >= 0.6 is 0 Å². The molecule has 7 heteroatoms. The zero-order valence-corrected chi connectivity index (χ0v) is 13.2. The van der Waals surface area contributed by atoms with E-state index in [1.54, 1.807) is 0 Å². The lowest BCUT2D eigenvalue weighted by molar-refractivity contribution is -0.123. The maximum Gasteiger partial charge on any atom is 0.238 e. The fraction of sp³-hybridized carbons (Fsp3) is 0.917. The minimum absolute atomic E-state index is 0.0539. The van der Waals surface area contributed by atoms with E-state index in [1.165, 1.54) is 0 Å². The molecule has 0 aromatic carbocycles. The Labute approximate surface area is 116 Å². The molecule has 1 unspecified atom stereocenters. The third kappa shape index (κ3) is 8.96. The average molecular weight is 294 g/mol. The Kier molecular flexibility index (Phi) is 6.96. The summed E-state index contributed by atoms with van der Waals surface area (Å²) >= 11 is 0. The van der Waals surface area contributed by atoms with E-state index < -0.39 is 21.5 Å². The number of hydrogen-bond donors (Lipinski definition) is 3. The lowest BCUT2D eigenvalue weighted by Crippen LogP contribution is -2.49. The fourth-order valence-electron chi connectivity index (χ4n) is 1.44. The molecule has 3 N–H and O–H groups in total. The molecule has 1 amide bonds. The summed E-state index contributed by atoms with van der Waals surface area (Å²) in [6.07, 6.45) is 1.46. The molecule has 0 heterocycles. The van der Waals surface area contributed by atoms with Gasteiger partial charge in [0.25, 0.3) is 0 Å². The quantitative estimate of drug-likeness (QED) is 0.591. The lowest BCUT2D eigenvalue weighted by Gasteiger charge is -2.24. The molecule has 19 heavy (non-hydrogen) atoms. The van der Waals surface area contributed by atoms with Crippen molar-refractivity contribution in [3.05, 3.63) is 0 Å². The molecule has 0 aliphatic heterocycles. The summed E-state index contributed by atoms with van der Waals surface area (Å²) in [7, 11) is -3.43. The van der Waals surface area contributed by atoms with Crippen LogP contribution < -0.4 is 10.0 Å². The minimum atomic E-state index is -3.43. The first-order chi connectivity index (χ1) is 8.47. The van der Waals surface area contributed by atoms with Gasteiger partial charge in [0.1, 0.15) is 6.04 Å². The van der Waals surface area contributed by atoms with Gasteiger partial charge < -0.3 is 10.4 Å². The van der Waals surface area contributed by atoms with E-state index in [9.17, 15) is 13.2 Å². The summed E-state index contributed by atoms with van der Waals surface area (Å²) in [5, 5.41) is 11.8. The van der Waals surface area contributed by atoms with Crippen LogP contribution in [0.25, 0.3) is 0 Å². The topological polar surface area (TPSA) is 95.5 Å². The fourth-order valence-corrected chi connectivity index (χ4v) is 2.16. The van der Waals surface area contributed by atoms with E-state index in [1.807, 2.05) is 27.7 Å². The smallest absolute Gasteiger partial charge is 0.238 e. The summed E-state index contributed by atoms with van der Waals surface area (Å²) in [6, 6.07) is -0.774. The average Bonchev–Trinajstić information content (AvgIpc) is 2.22. The van der Waals surface area contributed by atoms with Gasteiger partial charge in [-0.15, -0.1) is 0 Å². The number of aliphatic hydroxyl groups excluding tert-OH is 1. The van der Waals surface area contributed by atoms with E-state index in [2.05, 4.69) is 10.0 Å². The van der Waals surface area contributed by atoms with Crippen LogP contribution in [0.15, 0.2) is 0 Å². The molecule has 0 saturated heterocycles. The molecule has 0 spiro atoms. The van der Waals surface area contributed by atoms with Crippen LogP contribution in [0.1, 0.15) is 34.1 Å². The Bertz CT molecular complexity index is 391. The molecule has 6 nitrogen and oxygen atoms in total. The molecule has 114 valence electrons. The van der Waals surface area contributed by atoms with Crippen molar-refractivity contribution < 1.29 is 18.3 Å². The molecule has 0 aromatic heterocycles. The van der Waals surface area contributed by atoms with Crippen LogP contribution in [0.4, 0.5) is 0 Å². The number of carbonyl (C=O) groups excluding carboxylic acids is 1. The highest BCUT2D eigenvalue weighted by Crippen LogP contribution is 2.12. The number of amides is 1. The molecule has 0 rings (SSSR count). The van der Waals surface area contributed by atoms with E-state index in [0.29, 0.717) is 13.0 Å². The second kappa shape index (κ2) is 7.21. The molecule has 0 radical (unpaired) electrons. The van der Waals surface area contributed by atoms with E-state index in [-0.39, 0.29) is 18.4 Å². The third-order valence-electron chi connectivity index (χ3n) is 2.55. The second-order valence-electron chi connectivity index (χ2n) is 6.11. The Morgan fingerprint density at radius 3 is 2.21 bits per heavy atom. The van der Waals surface area contributed by atoms with Crippen LogP contribution in [-0.4, -0.2) is 44.9 Å². The zero-order chi connectivity index (χ0) is 15.3. The highest BCUT2D eigenvalue weighted by atomic mass is 32.2. The number of sulfonamides is 1. The van der Waals surface area contributed by atoms with Crippen molar-refractivity contribution in [1.29, 1.82) is 0 Å². The summed E-state index contributed by atoms with van der Waals surface area (Å²) in [4.78, 5) is 12.0. The first kappa shape index (κ1) is 18.3. The van der Waals surface area contributed by atoms with Crippen LogP contribution in [0.2, 0.25) is 0 Å². The molecule has 0 aliphatic rings. The van der Waals surface area contributed by atoms with Gasteiger partial charge in [0.05, 0.1) is 6.26 Å². The number of rotatable bonds is 8. The van der Waals surface area contributed by atoms with E-state index in [4.69, 9.17) is 5.11 Å². The number of carbonyl (C=O) groups is 1. The molecular weight excluding hydrogens is 268 g/mol. The van der Waals surface area contributed by atoms with Crippen molar-refractivity contribution in [3.63, 3.8) is 0 Å². The highest BCUT2D eigenvalue weighted by Gasteiger charge is 2.25. The predicted molar refractivity (Wildman–Crippen MR) is 75.1 cm³/mol. The zero-order valence-electron chi connectivity index (χ0n) is 12.4. The minimum Gasteiger partial charge on any atom is -0.396 e. The Morgan fingerprint density at radius 1 is 1.32 bits per heavy atom. The van der Waals surface area contributed by atoms with Gasteiger partial charge in [-0.25, -0.2) is 13.1 Å². The lowest BCUT2D eigenvalue weighted by atomic mass is 9.94. The van der Waals surface area contributed by atoms with Gasteiger partial charge in [-0.05, 0) is 12.3 Å². The van der Waals surface area contributed by atoms with Crippen LogP contribution in [0.5, 0.6) is 0 Å². The van der Waals surface area contributed by atoms with Crippen molar-refractivity contribution in [2.45, 2.75) is 40.2 Å². The largest absolute Gasteiger partial charge is 0.396 e. The van der Waals surface area contributed by atoms with Gasteiger partial charge >= 0.3 is 0 Å². The maximum atomic E-state index is 12.0. The van der Waals surface area contributed by atoms with Crippen LogP contribution in [0.3, 0.4) is 0 Å². The van der Waals surface area contributed by atoms with Crippen molar-refractivity contribution in [2.75, 3.05) is 19.4 Å². The van der Waals surface area contributed by atoms with Gasteiger partial charge in [0.15, 0.2) is 0 Å². The highest BCUT2D eigenvalue weighted by molar-refractivity contribution is 7.88. The first-order valence-electron chi connectivity index (χ1n) is 6.33. The second-order valence-corrected chi connectivity index (χ2v) is 7.89. The monoisotopic (exact) mass is 294 g/mol.